The van der Waals surface area contributed by atoms with Crippen molar-refractivity contribution in [1.82, 2.24) is 20.3 Å². The van der Waals surface area contributed by atoms with Crippen molar-refractivity contribution in [3.05, 3.63) is 0 Å². The van der Waals surface area contributed by atoms with Gasteiger partial charge in [-0.25, -0.2) is 0 Å². The summed E-state index contributed by atoms with van der Waals surface area (Å²) >= 11 is 0. The molecule has 0 spiro atoms. The molecule has 2 rings (SSSR count). The van der Waals surface area contributed by atoms with Crippen LogP contribution in [0, 0.1) is 0 Å². The number of piperazine rings is 1. The first-order chi connectivity index (χ1) is 9.45. The highest BCUT2D eigenvalue weighted by Crippen LogP contribution is 2.24. The fraction of sp³-hybridized carbons (Fsp3) is 0.667. The molecule has 1 aromatic rings. The molecular weight excluding hydrogens is 260 g/mol. The number of nitrogens with two attached hydrogens (primary N) is 1. The number of hydrogen-bond donors (Lipinski definition) is 2. The number of nitrogens with one attached hydrogen (secondary N) is 1. The first-order valence-electron chi connectivity index (χ1n) is 6.65. The van der Waals surface area contributed by atoms with E-state index < -0.39 is 5.54 Å². The van der Waals surface area contributed by atoms with Gasteiger partial charge in [0.1, 0.15) is 5.54 Å². The van der Waals surface area contributed by atoms with Crippen LogP contribution in [-0.4, -0.2) is 46.1 Å². The van der Waals surface area contributed by atoms with Crippen molar-refractivity contribution >= 4 is 17.8 Å². The number of nitrogens with zero attached hydrogens (tertiary/aromatic N) is 4. The number of nitrogen functional groups attached to an aromatic ring is 1. The molecule has 2 heterocycles. The Bertz CT molecular complexity index is 505. The number of anilines is 2. The molecule has 8 nitrogen and oxygen atoms in total. The van der Waals surface area contributed by atoms with Crippen molar-refractivity contribution in [2.75, 3.05) is 30.3 Å². The van der Waals surface area contributed by atoms with Crippen molar-refractivity contribution in [2.45, 2.75) is 32.7 Å². The second-order valence-corrected chi connectivity index (χ2v) is 5.09. The summed E-state index contributed by atoms with van der Waals surface area (Å²) in [7, 11) is 0. The zero-order chi connectivity index (χ0) is 14.8. The van der Waals surface area contributed by atoms with Crippen molar-refractivity contribution in [3.8, 4) is 6.01 Å². The lowest BCUT2D eigenvalue weighted by molar-refractivity contribution is -0.126. The molecule has 0 aromatic carbocycles. The van der Waals surface area contributed by atoms with E-state index >= 15 is 0 Å². The number of carbonyl (C=O) groups excluding carboxylic acids is 1. The van der Waals surface area contributed by atoms with Crippen LogP contribution in [0.2, 0.25) is 0 Å². The number of amides is 1. The number of rotatable bonds is 4. The average molecular weight is 280 g/mol. The fourth-order valence-corrected chi connectivity index (χ4v) is 1.99. The molecule has 3 N–H and O–H groups in total. The molecule has 20 heavy (non-hydrogen) atoms. The maximum absolute atomic E-state index is 12.0. The Hall–Kier alpha value is -2.12. The topological polar surface area (TPSA) is 106 Å². The molecule has 1 aliphatic rings. The van der Waals surface area contributed by atoms with Crippen LogP contribution in [0.3, 0.4) is 0 Å². The first-order valence-corrected chi connectivity index (χ1v) is 6.65. The molecule has 110 valence electrons. The summed E-state index contributed by atoms with van der Waals surface area (Å²) in [5.41, 5.74) is 4.95. The predicted molar refractivity (Wildman–Crippen MR) is 74.5 cm³/mol. The standard InChI is InChI=1S/C12H20N6O2/c1-4-7-20-11-16-9(13)15-10(17-11)18-6-5-14-8(19)12(18,2)3/h4-7H2,1-3H3,(H,14,19)(H2,13,15,16,17). The quantitative estimate of drug-likeness (QED) is 0.796. The van der Waals surface area contributed by atoms with E-state index in [2.05, 4.69) is 20.3 Å². The van der Waals surface area contributed by atoms with Gasteiger partial charge in [-0.2, -0.15) is 15.0 Å². The Morgan fingerprint density at radius 2 is 2.15 bits per heavy atom. The number of hydrogen-bond acceptors (Lipinski definition) is 7. The Morgan fingerprint density at radius 1 is 1.40 bits per heavy atom. The van der Waals surface area contributed by atoms with E-state index in [0.717, 1.165) is 6.42 Å². The minimum Gasteiger partial charge on any atom is -0.463 e. The monoisotopic (exact) mass is 280 g/mol. The van der Waals surface area contributed by atoms with Crippen LogP contribution in [0.15, 0.2) is 0 Å². The van der Waals surface area contributed by atoms with Crippen molar-refractivity contribution in [2.24, 2.45) is 0 Å². The summed E-state index contributed by atoms with van der Waals surface area (Å²) in [6.07, 6.45) is 0.846. The van der Waals surface area contributed by atoms with Gasteiger partial charge in [-0.1, -0.05) is 6.92 Å². The maximum atomic E-state index is 12.0. The maximum Gasteiger partial charge on any atom is 0.323 e. The lowest BCUT2D eigenvalue weighted by Gasteiger charge is -2.41. The van der Waals surface area contributed by atoms with Gasteiger partial charge in [0.15, 0.2) is 0 Å². The Morgan fingerprint density at radius 3 is 2.85 bits per heavy atom. The molecule has 0 atom stereocenters. The van der Waals surface area contributed by atoms with Gasteiger partial charge in [0.2, 0.25) is 17.8 Å². The van der Waals surface area contributed by atoms with Gasteiger partial charge >= 0.3 is 6.01 Å². The third-order valence-electron chi connectivity index (χ3n) is 3.15. The largest absolute Gasteiger partial charge is 0.463 e. The lowest BCUT2D eigenvalue weighted by atomic mass is 10.00. The molecule has 1 aliphatic heterocycles. The molecule has 1 amide bonds. The van der Waals surface area contributed by atoms with E-state index in [-0.39, 0.29) is 17.9 Å². The highest BCUT2D eigenvalue weighted by atomic mass is 16.5. The van der Waals surface area contributed by atoms with Gasteiger partial charge in [-0.05, 0) is 20.3 Å². The number of aromatic nitrogens is 3. The van der Waals surface area contributed by atoms with Crippen molar-refractivity contribution < 1.29 is 9.53 Å². The zero-order valence-electron chi connectivity index (χ0n) is 12.0. The van der Waals surface area contributed by atoms with E-state index in [9.17, 15) is 4.79 Å². The van der Waals surface area contributed by atoms with Gasteiger partial charge in [0, 0.05) is 13.1 Å². The van der Waals surface area contributed by atoms with Gasteiger partial charge in [-0.3, -0.25) is 4.79 Å². The van der Waals surface area contributed by atoms with E-state index in [1.807, 2.05) is 25.7 Å². The SMILES string of the molecule is CCCOc1nc(N)nc(N2CCNC(=O)C2(C)C)n1. The summed E-state index contributed by atoms with van der Waals surface area (Å²) in [5.74, 6) is 0.380. The highest BCUT2D eigenvalue weighted by molar-refractivity contribution is 5.89. The Labute approximate surface area is 117 Å². The fourth-order valence-electron chi connectivity index (χ4n) is 1.99. The first kappa shape index (κ1) is 14.3. The van der Waals surface area contributed by atoms with Crippen molar-refractivity contribution in [1.29, 1.82) is 0 Å². The molecule has 0 saturated carbocycles. The molecule has 1 fully saturated rings. The third kappa shape index (κ3) is 2.73. The van der Waals surface area contributed by atoms with E-state index in [4.69, 9.17) is 10.5 Å². The molecule has 0 radical (unpaired) electrons. The zero-order valence-corrected chi connectivity index (χ0v) is 12.0. The smallest absolute Gasteiger partial charge is 0.323 e. The van der Waals surface area contributed by atoms with Crippen LogP contribution in [0.5, 0.6) is 6.01 Å². The molecule has 8 heteroatoms. The van der Waals surface area contributed by atoms with Crippen molar-refractivity contribution in [3.63, 3.8) is 0 Å². The van der Waals surface area contributed by atoms with Crippen LogP contribution < -0.4 is 20.7 Å². The summed E-state index contributed by atoms with van der Waals surface area (Å²) in [6, 6.07) is 0.191. The minimum absolute atomic E-state index is 0.0706. The van der Waals surface area contributed by atoms with Gasteiger partial charge in [0.25, 0.3) is 0 Å². The van der Waals surface area contributed by atoms with Crippen LogP contribution in [-0.2, 0) is 4.79 Å². The molecule has 0 unspecified atom stereocenters. The summed E-state index contributed by atoms with van der Waals surface area (Å²) in [5, 5.41) is 2.82. The van der Waals surface area contributed by atoms with E-state index in [1.165, 1.54) is 0 Å². The Kier molecular flexibility index (Phi) is 3.91. The molecule has 1 aromatic heterocycles. The van der Waals surface area contributed by atoms with E-state index in [1.54, 1.807) is 0 Å². The lowest BCUT2D eigenvalue weighted by Crippen LogP contribution is -2.62. The number of ether oxygens (including phenoxy) is 1. The molecule has 0 aliphatic carbocycles. The van der Waals surface area contributed by atoms with Crippen LogP contribution in [0.4, 0.5) is 11.9 Å². The van der Waals surface area contributed by atoms with Gasteiger partial charge in [-0.15, -0.1) is 0 Å². The Balaban J connectivity index is 2.31. The summed E-state index contributed by atoms with van der Waals surface area (Å²) < 4.78 is 5.39. The summed E-state index contributed by atoms with van der Waals surface area (Å²) in [6.45, 7) is 7.27. The highest BCUT2D eigenvalue weighted by Gasteiger charge is 2.39. The van der Waals surface area contributed by atoms with E-state index in [0.29, 0.717) is 25.6 Å². The number of carbonyl (C=O) groups is 1. The van der Waals surface area contributed by atoms with Crippen LogP contribution in [0.25, 0.3) is 0 Å². The molecule has 0 bridgehead atoms. The van der Waals surface area contributed by atoms with Gasteiger partial charge < -0.3 is 20.7 Å². The minimum atomic E-state index is -0.742. The normalized spacial score (nSPS) is 17.8. The predicted octanol–water partition coefficient (Wildman–Crippen LogP) is -0.0426. The van der Waals surface area contributed by atoms with Crippen LogP contribution >= 0.6 is 0 Å². The summed E-state index contributed by atoms with van der Waals surface area (Å²) in [4.78, 5) is 26.1. The second kappa shape index (κ2) is 5.48. The van der Waals surface area contributed by atoms with Gasteiger partial charge in [0.05, 0.1) is 6.61 Å². The molecule has 1 saturated heterocycles. The average Bonchev–Trinajstić information content (AvgIpc) is 2.39. The second-order valence-electron chi connectivity index (χ2n) is 5.09. The molecular formula is C12H20N6O2. The van der Waals surface area contributed by atoms with Crippen LogP contribution in [0.1, 0.15) is 27.2 Å². The third-order valence-corrected chi connectivity index (χ3v) is 3.15.